The third-order valence-corrected chi connectivity index (χ3v) is 7.10. The second-order valence-corrected chi connectivity index (χ2v) is 8.81. The van der Waals surface area contributed by atoms with Gasteiger partial charge in [0, 0.05) is 11.4 Å². The Morgan fingerprint density at radius 2 is 2.00 bits per heavy atom. The van der Waals surface area contributed by atoms with E-state index in [1.165, 1.54) is 16.3 Å². The summed E-state index contributed by atoms with van der Waals surface area (Å²) in [5.74, 6) is -1.21. The van der Waals surface area contributed by atoms with E-state index in [1.54, 1.807) is 0 Å². The number of sulfonamides is 1. The summed E-state index contributed by atoms with van der Waals surface area (Å²) in [5, 5.41) is 16.0. The van der Waals surface area contributed by atoms with Crippen LogP contribution in [0.25, 0.3) is 0 Å². The molecule has 23 heavy (non-hydrogen) atoms. The molecule has 3 atom stereocenters. The number of carbonyl (C=O) groups excluding carboxylic acids is 1. The monoisotopic (exact) mass is 358 g/mol. The summed E-state index contributed by atoms with van der Waals surface area (Å²) in [4.78, 5) is 25.8. The van der Waals surface area contributed by atoms with E-state index in [4.69, 9.17) is 5.14 Å². The standard InChI is InChI=1S/C14H18N2O5S2/c15-23(20,21)12-6-9(7-22-12)13(17)16-10-4-2-1-3-8(10)5-11(16)14(18)19/h6-8,10-11H,1-5H2,(H,18,19)(H2,15,20,21)/t8-,10+,11-/m0/s1. The number of hydrogen-bond donors (Lipinski definition) is 2. The maximum Gasteiger partial charge on any atom is 0.326 e. The van der Waals surface area contributed by atoms with Gasteiger partial charge in [-0.15, -0.1) is 11.3 Å². The average Bonchev–Trinajstić information content (AvgIpc) is 3.11. The zero-order chi connectivity index (χ0) is 16.8. The van der Waals surface area contributed by atoms with Crippen LogP contribution >= 0.6 is 11.3 Å². The van der Waals surface area contributed by atoms with Crippen molar-refractivity contribution in [1.29, 1.82) is 0 Å². The fourth-order valence-electron chi connectivity index (χ4n) is 3.70. The fraction of sp³-hybridized carbons (Fsp3) is 0.571. The van der Waals surface area contributed by atoms with E-state index in [0.717, 1.165) is 37.0 Å². The molecule has 0 spiro atoms. The van der Waals surface area contributed by atoms with Gasteiger partial charge in [0.1, 0.15) is 10.3 Å². The molecule has 0 aromatic carbocycles. The minimum Gasteiger partial charge on any atom is -0.480 e. The maximum absolute atomic E-state index is 12.8. The van der Waals surface area contributed by atoms with Gasteiger partial charge in [-0.3, -0.25) is 4.79 Å². The number of amides is 1. The van der Waals surface area contributed by atoms with Gasteiger partial charge in [0.25, 0.3) is 5.91 Å². The molecular weight excluding hydrogens is 340 g/mol. The molecule has 1 aliphatic carbocycles. The van der Waals surface area contributed by atoms with Crippen molar-refractivity contribution in [3.63, 3.8) is 0 Å². The molecular formula is C14H18N2O5S2. The van der Waals surface area contributed by atoms with Gasteiger partial charge in [-0.25, -0.2) is 18.4 Å². The van der Waals surface area contributed by atoms with E-state index < -0.39 is 27.9 Å². The highest BCUT2D eigenvalue weighted by Gasteiger charge is 2.47. The molecule has 3 N–H and O–H groups in total. The van der Waals surface area contributed by atoms with Crippen LogP contribution < -0.4 is 5.14 Å². The minimum absolute atomic E-state index is 0.0739. The zero-order valence-corrected chi connectivity index (χ0v) is 14.0. The van der Waals surface area contributed by atoms with Crippen LogP contribution in [0, 0.1) is 5.92 Å². The highest BCUT2D eigenvalue weighted by Crippen LogP contribution is 2.40. The number of carboxylic acids is 1. The summed E-state index contributed by atoms with van der Waals surface area (Å²) >= 11 is 0.875. The van der Waals surface area contributed by atoms with Crippen LogP contribution in [0.4, 0.5) is 0 Å². The zero-order valence-electron chi connectivity index (χ0n) is 12.3. The third-order valence-electron chi connectivity index (χ3n) is 4.71. The molecule has 2 fully saturated rings. The van der Waals surface area contributed by atoms with Crippen LogP contribution in [0.1, 0.15) is 42.5 Å². The van der Waals surface area contributed by atoms with E-state index in [0.29, 0.717) is 6.42 Å². The third kappa shape index (κ3) is 3.00. The molecule has 0 unspecified atom stereocenters. The summed E-state index contributed by atoms with van der Waals surface area (Å²) in [5.41, 5.74) is 0.191. The first-order valence-electron chi connectivity index (χ1n) is 7.46. The van der Waals surface area contributed by atoms with Gasteiger partial charge >= 0.3 is 5.97 Å². The quantitative estimate of drug-likeness (QED) is 0.843. The number of nitrogens with two attached hydrogens (primary N) is 1. The van der Waals surface area contributed by atoms with E-state index in [2.05, 4.69) is 0 Å². The van der Waals surface area contributed by atoms with Crippen LogP contribution in [-0.4, -0.2) is 42.4 Å². The van der Waals surface area contributed by atoms with Crippen LogP contribution in [0.2, 0.25) is 0 Å². The molecule has 7 nitrogen and oxygen atoms in total. The summed E-state index contributed by atoms with van der Waals surface area (Å²) in [6.07, 6.45) is 4.24. The highest BCUT2D eigenvalue weighted by molar-refractivity contribution is 7.91. The van der Waals surface area contributed by atoms with Crippen molar-refractivity contribution in [2.75, 3.05) is 0 Å². The Morgan fingerprint density at radius 1 is 1.30 bits per heavy atom. The van der Waals surface area contributed by atoms with Gasteiger partial charge in [-0.05, 0) is 31.2 Å². The van der Waals surface area contributed by atoms with Crippen molar-refractivity contribution in [2.24, 2.45) is 11.1 Å². The highest BCUT2D eigenvalue weighted by atomic mass is 32.2. The van der Waals surface area contributed by atoms with E-state index >= 15 is 0 Å². The topological polar surface area (TPSA) is 118 Å². The number of primary sulfonamides is 1. The summed E-state index contributed by atoms with van der Waals surface area (Å²) < 4.78 is 22.6. The minimum atomic E-state index is -3.86. The van der Waals surface area contributed by atoms with Crippen LogP contribution in [0.3, 0.4) is 0 Å². The van der Waals surface area contributed by atoms with Gasteiger partial charge in [0.15, 0.2) is 0 Å². The number of likely N-dealkylation sites (tertiary alicyclic amines) is 1. The fourth-order valence-corrected chi connectivity index (χ4v) is 5.28. The van der Waals surface area contributed by atoms with Gasteiger partial charge < -0.3 is 10.0 Å². The van der Waals surface area contributed by atoms with Crippen LogP contribution in [-0.2, 0) is 14.8 Å². The first-order chi connectivity index (χ1) is 10.8. The van der Waals surface area contributed by atoms with Crippen molar-refractivity contribution in [2.45, 2.75) is 48.4 Å². The number of aliphatic carboxylic acids is 1. The van der Waals surface area contributed by atoms with Crippen molar-refractivity contribution in [3.8, 4) is 0 Å². The molecule has 1 amide bonds. The van der Waals surface area contributed by atoms with Gasteiger partial charge in [-0.2, -0.15) is 0 Å². The Bertz CT molecular complexity index is 742. The Balaban J connectivity index is 1.92. The molecule has 2 heterocycles. The predicted molar refractivity (Wildman–Crippen MR) is 83.6 cm³/mol. The first-order valence-corrected chi connectivity index (χ1v) is 9.88. The Hall–Kier alpha value is -1.45. The largest absolute Gasteiger partial charge is 0.480 e. The summed E-state index contributed by atoms with van der Waals surface area (Å²) in [6.45, 7) is 0. The molecule has 0 bridgehead atoms. The lowest BCUT2D eigenvalue weighted by Gasteiger charge is -2.32. The number of hydrogen-bond acceptors (Lipinski definition) is 5. The van der Waals surface area contributed by atoms with Crippen LogP contribution in [0.15, 0.2) is 15.7 Å². The maximum atomic E-state index is 12.8. The second kappa shape index (κ2) is 5.88. The molecule has 1 aromatic heterocycles. The molecule has 9 heteroatoms. The molecule has 3 rings (SSSR count). The van der Waals surface area contributed by atoms with E-state index in [1.807, 2.05) is 0 Å². The van der Waals surface area contributed by atoms with Crippen LogP contribution in [0.5, 0.6) is 0 Å². The molecule has 126 valence electrons. The van der Waals surface area contributed by atoms with Gasteiger partial charge in [-0.1, -0.05) is 12.8 Å². The van der Waals surface area contributed by atoms with Crippen molar-refractivity contribution in [1.82, 2.24) is 4.90 Å². The second-order valence-electron chi connectivity index (χ2n) is 6.11. The smallest absolute Gasteiger partial charge is 0.326 e. The van der Waals surface area contributed by atoms with Crippen molar-refractivity contribution >= 4 is 33.2 Å². The number of carbonyl (C=O) groups is 2. The number of nitrogens with zero attached hydrogens (tertiary/aromatic N) is 1. The Morgan fingerprint density at radius 3 is 2.61 bits per heavy atom. The van der Waals surface area contributed by atoms with Crippen molar-refractivity contribution < 1.29 is 23.1 Å². The molecule has 2 aliphatic rings. The number of thiophene rings is 1. The Kier molecular flexibility index (Phi) is 4.19. The molecule has 1 aromatic rings. The van der Waals surface area contributed by atoms with Crippen molar-refractivity contribution in [3.05, 3.63) is 17.0 Å². The number of fused-ring (bicyclic) bond motifs is 1. The lowest BCUT2D eigenvalue weighted by molar-refractivity contribution is -0.141. The Labute approximate surface area is 138 Å². The molecule has 0 radical (unpaired) electrons. The van der Waals surface area contributed by atoms with Gasteiger partial charge in [0.05, 0.1) is 5.56 Å². The lowest BCUT2D eigenvalue weighted by atomic mass is 9.84. The average molecular weight is 358 g/mol. The molecule has 1 saturated heterocycles. The SMILES string of the molecule is NS(=O)(=O)c1cc(C(=O)N2[C@@H]3CCCC[C@H]3C[C@H]2C(=O)O)cs1. The first kappa shape index (κ1) is 16.4. The number of carboxylic acid groups (broad SMARTS) is 1. The summed E-state index contributed by atoms with van der Waals surface area (Å²) in [7, 11) is -3.86. The van der Waals surface area contributed by atoms with Gasteiger partial charge in [0.2, 0.25) is 10.0 Å². The lowest BCUT2D eigenvalue weighted by Crippen LogP contribution is -2.46. The van der Waals surface area contributed by atoms with E-state index in [9.17, 15) is 23.1 Å². The predicted octanol–water partition coefficient (Wildman–Crippen LogP) is 1.25. The molecule has 1 saturated carbocycles. The molecule has 1 aliphatic heterocycles. The van der Waals surface area contributed by atoms with E-state index in [-0.39, 0.29) is 21.7 Å². The summed E-state index contributed by atoms with van der Waals surface area (Å²) in [6, 6.07) is 0.320. The normalized spacial score (nSPS) is 27.7. The number of rotatable bonds is 3.